The van der Waals surface area contributed by atoms with Crippen LogP contribution in [0.25, 0.3) is 10.4 Å². The number of rotatable bonds is 13. The zero-order valence-corrected chi connectivity index (χ0v) is 25.3. The Morgan fingerprint density at radius 3 is 1.60 bits per heavy atom. The summed E-state index contributed by atoms with van der Waals surface area (Å²) in [5.41, 5.74) is 5.52. The molecule has 1 aliphatic heterocycles. The third kappa shape index (κ3) is 6.97. The predicted octanol–water partition coefficient (Wildman–Crippen LogP) is 5.37. The zero-order valence-electron chi connectivity index (χ0n) is 25.3. The van der Waals surface area contributed by atoms with Crippen LogP contribution in [-0.2, 0) is 30.4 Å². The molecular weight excluding hydrogens is 566 g/mol. The summed E-state index contributed by atoms with van der Waals surface area (Å²) in [4.78, 5) is 2.86. The fraction of sp³-hybridized carbons (Fsp3) is 0.351. The minimum Gasteiger partial charge on any atom is -0.390 e. The van der Waals surface area contributed by atoms with Gasteiger partial charge in [0, 0.05) is 37.1 Å². The van der Waals surface area contributed by atoms with E-state index < -0.39 is 35.1 Å². The predicted molar refractivity (Wildman–Crippen MR) is 173 cm³/mol. The van der Waals surface area contributed by atoms with Crippen LogP contribution >= 0.6 is 0 Å². The number of nitrogens with zero attached hydrogens (tertiary/aromatic N) is 3. The molecule has 0 radical (unpaired) electrons. The molecule has 1 heterocycles. The summed E-state index contributed by atoms with van der Waals surface area (Å²) >= 11 is 0. The molecule has 4 aromatic rings. The Hall–Kier alpha value is -4.01. The van der Waals surface area contributed by atoms with E-state index in [1.807, 2.05) is 121 Å². The Morgan fingerprint density at radius 2 is 1.11 bits per heavy atom. The molecule has 1 unspecified atom stereocenters. The first kappa shape index (κ1) is 32.4. The van der Waals surface area contributed by atoms with Crippen molar-refractivity contribution in [3.63, 3.8) is 0 Å². The normalized spacial score (nSPS) is 26.9. The Kier molecular flexibility index (Phi) is 10.4. The Morgan fingerprint density at radius 1 is 0.667 bits per heavy atom. The third-order valence-corrected chi connectivity index (χ3v) is 9.11. The maximum Gasteiger partial charge on any atom is 0.132 e. The van der Waals surface area contributed by atoms with Crippen LogP contribution < -0.4 is 0 Å². The molecule has 8 nitrogen and oxygen atoms in total. The summed E-state index contributed by atoms with van der Waals surface area (Å²) in [5.74, 6) is 0. The molecule has 1 saturated heterocycles. The van der Waals surface area contributed by atoms with Gasteiger partial charge in [-0.25, -0.2) is 0 Å². The Balaban J connectivity index is 1.69. The van der Waals surface area contributed by atoms with Crippen molar-refractivity contribution in [1.29, 1.82) is 0 Å². The lowest BCUT2D eigenvalue weighted by molar-refractivity contribution is -0.366. The largest absolute Gasteiger partial charge is 0.390 e. The number of benzene rings is 4. The van der Waals surface area contributed by atoms with E-state index in [1.165, 1.54) is 0 Å². The smallest absolute Gasteiger partial charge is 0.132 e. The summed E-state index contributed by atoms with van der Waals surface area (Å²) < 4.78 is 6.66. The van der Waals surface area contributed by atoms with E-state index in [4.69, 9.17) is 10.3 Å². The number of azide groups is 1. The van der Waals surface area contributed by atoms with Crippen LogP contribution in [0.4, 0.5) is 0 Å². The van der Waals surface area contributed by atoms with E-state index in [9.17, 15) is 20.4 Å². The molecule has 1 aliphatic rings. The van der Waals surface area contributed by atoms with E-state index >= 15 is 0 Å². The minimum atomic E-state index is -2.21. The fourth-order valence-electron chi connectivity index (χ4n) is 6.87. The van der Waals surface area contributed by atoms with Crippen molar-refractivity contribution in [2.45, 2.75) is 73.6 Å². The first-order chi connectivity index (χ1) is 21.8. The van der Waals surface area contributed by atoms with Crippen molar-refractivity contribution in [1.82, 2.24) is 0 Å². The summed E-state index contributed by atoms with van der Waals surface area (Å²) in [7, 11) is 0. The first-order valence-electron chi connectivity index (χ1n) is 15.5. The highest BCUT2D eigenvalue weighted by atomic mass is 16.6. The van der Waals surface area contributed by atoms with Crippen LogP contribution in [-0.4, -0.2) is 62.1 Å². The summed E-state index contributed by atoms with van der Waals surface area (Å²) in [6.45, 7) is 0.167. The van der Waals surface area contributed by atoms with Gasteiger partial charge < -0.3 is 25.2 Å². The van der Waals surface area contributed by atoms with Crippen molar-refractivity contribution in [3.8, 4) is 0 Å². The fourth-order valence-corrected chi connectivity index (χ4v) is 6.87. The number of ether oxygens (including phenoxy) is 1. The molecule has 0 bridgehead atoms. The molecular formula is C37H41N3O5. The topological polar surface area (TPSA) is 139 Å². The molecule has 5 rings (SSSR count). The average Bonchev–Trinajstić information content (AvgIpc) is 3.05. The maximum atomic E-state index is 13.3. The monoisotopic (exact) mass is 607 g/mol. The van der Waals surface area contributed by atoms with Crippen LogP contribution in [0.15, 0.2) is 126 Å². The van der Waals surface area contributed by atoms with E-state index in [0.29, 0.717) is 12.0 Å². The van der Waals surface area contributed by atoms with Crippen LogP contribution in [0.3, 0.4) is 0 Å². The van der Waals surface area contributed by atoms with Crippen LogP contribution in [0.5, 0.6) is 0 Å². The van der Waals surface area contributed by atoms with Gasteiger partial charge >= 0.3 is 0 Å². The lowest BCUT2D eigenvalue weighted by Crippen LogP contribution is -2.83. The summed E-state index contributed by atoms with van der Waals surface area (Å²) in [5, 5.41) is 54.9. The molecule has 0 aliphatic carbocycles. The first-order valence-corrected chi connectivity index (χ1v) is 15.5. The van der Waals surface area contributed by atoms with Gasteiger partial charge in [-0.2, -0.15) is 0 Å². The van der Waals surface area contributed by atoms with Gasteiger partial charge in [-0.1, -0.05) is 126 Å². The second kappa shape index (κ2) is 14.4. The number of hydrogen-bond donors (Lipinski definition) is 4. The molecule has 4 aromatic carbocycles. The lowest BCUT2D eigenvalue weighted by Gasteiger charge is -2.62. The van der Waals surface area contributed by atoms with Crippen molar-refractivity contribution in [2.75, 3.05) is 6.54 Å². The molecule has 6 atom stereocenters. The van der Waals surface area contributed by atoms with Gasteiger partial charge in [-0.15, -0.1) is 0 Å². The van der Waals surface area contributed by atoms with Gasteiger partial charge in [-0.05, 0) is 40.6 Å². The summed E-state index contributed by atoms with van der Waals surface area (Å²) in [6.07, 6.45) is -3.01. The maximum absolute atomic E-state index is 13.3. The van der Waals surface area contributed by atoms with E-state index in [1.54, 1.807) is 0 Å². The second-order valence-electron chi connectivity index (χ2n) is 12.1. The molecule has 0 amide bonds. The standard InChI is InChI=1S/C37H41N3O5/c38-40-39-23-13-22-33-35(42,25-29-16-7-2-8-17-29)37(44,27-31-20-11-4-12-21-31)36(43,26-30-18-9-3-10-19-30)34(45-33)32(41)24-28-14-5-1-6-15-28/h1-12,14-21,32-34,41-44H,13,22-27H2/t32?,33-,34+,35-,36+,37+/m0/s1. The zero-order chi connectivity index (χ0) is 31.8. The number of aliphatic hydroxyl groups excluding tert-OH is 1. The molecule has 4 N–H and O–H groups in total. The highest BCUT2D eigenvalue weighted by molar-refractivity contribution is 5.34. The molecule has 0 spiro atoms. The highest BCUT2D eigenvalue weighted by Gasteiger charge is 2.71. The molecule has 0 saturated carbocycles. The Labute approximate surface area is 264 Å². The van der Waals surface area contributed by atoms with Crippen LogP contribution in [0, 0.1) is 0 Å². The quantitative estimate of drug-likeness (QED) is 0.0701. The van der Waals surface area contributed by atoms with E-state index in [-0.39, 0.29) is 38.6 Å². The Bertz CT molecular complexity index is 1540. The van der Waals surface area contributed by atoms with Crippen molar-refractivity contribution < 1.29 is 25.2 Å². The molecule has 45 heavy (non-hydrogen) atoms. The lowest BCUT2D eigenvalue weighted by atomic mass is 9.57. The van der Waals surface area contributed by atoms with Crippen molar-refractivity contribution >= 4 is 0 Å². The molecule has 234 valence electrons. The highest BCUT2D eigenvalue weighted by Crippen LogP contribution is 2.51. The van der Waals surface area contributed by atoms with E-state index in [2.05, 4.69) is 10.0 Å². The van der Waals surface area contributed by atoms with Crippen molar-refractivity contribution in [2.24, 2.45) is 5.11 Å². The van der Waals surface area contributed by atoms with Gasteiger partial charge in [0.05, 0.1) is 12.2 Å². The molecule has 1 fully saturated rings. The SMILES string of the molecule is [N-]=[N+]=NCCC[C@@H]1O[C@H](C(O)Cc2ccccc2)[C@](O)(Cc2ccccc2)[C@@](O)(Cc2ccccc2)[C@]1(O)Cc1ccccc1. The number of aliphatic hydroxyl groups is 4. The van der Waals surface area contributed by atoms with Gasteiger partial charge in [0.1, 0.15) is 22.9 Å². The average molecular weight is 608 g/mol. The van der Waals surface area contributed by atoms with Gasteiger partial charge in [0.15, 0.2) is 0 Å². The third-order valence-electron chi connectivity index (χ3n) is 9.11. The molecule has 0 aromatic heterocycles. The van der Waals surface area contributed by atoms with Crippen molar-refractivity contribution in [3.05, 3.63) is 154 Å². The second-order valence-corrected chi connectivity index (χ2v) is 12.1. The molecule has 8 heteroatoms. The summed E-state index contributed by atoms with van der Waals surface area (Å²) in [6, 6.07) is 37.3. The van der Waals surface area contributed by atoms with E-state index in [0.717, 1.165) is 16.7 Å². The van der Waals surface area contributed by atoms with Gasteiger partial charge in [0.25, 0.3) is 0 Å². The van der Waals surface area contributed by atoms with Gasteiger partial charge in [0.2, 0.25) is 0 Å². The van der Waals surface area contributed by atoms with Crippen LogP contribution in [0.1, 0.15) is 35.1 Å². The van der Waals surface area contributed by atoms with Crippen LogP contribution in [0.2, 0.25) is 0 Å². The van der Waals surface area contributed by atoms with Gasteiger partial charge in [-0.3, -0.25) is 0 Å². The number of hydrogen-bond acceptors (Lipinski definition) is 6. The minimum absolute atomic E-state index is 0.0258.